The fraction of sp³-hybridized carbons (Fsp3) is 0.723. The van der Waals surface area contributed by atoms with E-state index in [9.17, 15) is 19.0 Å². The van der Waals surface area contributed by atoms with Gasteiger partial charge in [-0.3, -0.25) is 14.2 Å². The molecule has 0 aromatic rings. The van der Waals surface area contributed by atoms with Crippen molar-refractivity contribution in [3.05, 3.63) is 97.2 Å². The second-order valence-corrected chi connectivity index (χ2v) is 22.9. The van der Waals surface area contributed by atoms with E-state index in [1.54, 1.807) is 0 Å². The molecular weight excluding hydrogens is 952 g/mol. The van der Waals surface area contributed by atoms with Crippen LogP contribution in [-0.4, -0.2) is 69.4 Å². The molecule has 0 saturated carbocycles. The number of phosphoric acid groups is 1. The highest BCUT2D eigenvalue weighted by molar-refractivity contribution is 7.45. The molecule has 0 aromatic carbocycles. The van der Waals surface area contributed by atoms with Crippen LogP contribution in [0.1, 0.15) is 252 Å². The second kappa shape index (κ2) is 54.3. The topological polar surface area (TPSA) is 114 Å². The van der Waals surface area contributed by atoms with Crippen LogP contribution in [0.3, 0.4) is 0 Å². The molecule has 3 atom stereocenters. The third-order valence-electron chi connectivity index (χ3n) is 13.0. The van der Waals surface area contributed by atoms with Crippen molar-refractivity contribution in [1.82, 2.24) is 5.32 Å². The molecule has 1 amide bonds. The zero-order chi connectivity index (χ0) is 55.0. The first kappa shape index (κ1) is 71.9. The number of hydrogen-bond acceptors (Lipinski definition) is 7. The number of allylic oxidation sites excluding steroid dienone is 15. The van der Waals surface area contributed by atoms with E-state index in [1.165, 1.54) is 122 Å². The molecule has 0 radical (unpaired) electrons. The smallest absolute Gasteiger partial charge is 0.306 e. The van der Waals surface area contributed by atoms with E-state index in [-0.39, 0.29) is 18.9 Å². The highest BCUT2D eigenvalue weighted by Gasteiger charge is 2.27. The van der Waals surface area contributed by atoms with Gasteiger partial charge in [0.25, 0.3) is 7.82 Å². The van der Waals surface area contributed by atoms with Crippen LogP contribution < -0.4 is 10.2 Å². The van der Waals surface area contributed by atoms with Crippen LogP contribution in [0, 0.1) is 0 Å². The number of unbranched alkanes of at least 4 members (excludes halogenated alkanes) is 24. The molecule has 1 N–H and O–H groups in total. The number of likely N-dealkylation sites (N-methyl/N-ethyl adjacent to an activating group) is 1. The first-order chi connectivity index (χ1) is 36.4. The van der Waals surface area contributed by atoms with Crippen LogP contribution >= 0.6 is 7.82 Å². The van der Waals surface area contributed by atoms with Crippen molar-refractivity contribution in [2.45, 2.75) is 264 Å². The highest BCUT2D eigenvalue weighted by Crippen LogP contribution is 2.38. The zero-order valence-electron chi connectivity index (χ0n) is 49.2. The van der Waals surface area contributed by atoms with Crippen LogP contribution in [0.2, 0.25) is 0 Å². The quantitative estimate of drug-likeness (QED) is 0.0212. The molecule has 432 valence electrons. The van der Waals surface area contributed by atoms with Gasteiger partial charge in [-0.25, -0.2) is 0 Å². The fourth-order valence-corrected chi connectivity index (χ4v) is 8.95. The van der Waals surface area contributed by atoms with Crippen molar-refractivity contribution in [2.75, 3.05) is 40.9 Å². The first-order valence-corrected chi connectivity index (χ1v) is 32.0. The Kier molecular flexibility index (Phi) is 52.1. The van der Waals surface area contributed by atoms with Gasteiger partial charge in [0.1, 0.15) is 19.3 Å². The van der Waals surface area contributed by atoms with Gasteiger partial charge in [-0.05, 0) is 109 Å². The monoisotopic (exact) mass is 1070 g/mol. The molecule has 0 aromatic heterocycles. The second-order valence-electron chi connectivity index (χ2n) is 21.5. The number of ether oxygens (including phenoxy) is 1. The van der Waals surface area contributed by atoms with Gasteiger partial charge in [0.05, 0.1) is 33.8 Å². The van der Waals surface area contributed by atoms with Gasteiger partial charge >= 0.3 is 5.97 Å². The van der Waals surface area contributed by atoms with Gasteiger partial charge in [-0.15, -0.1) is 0 Å². The molecule has 0 heterocycles. The van der Waals surface area contributed by atoms with Gasteiger partial charge in [0.15, 0.2) is 0 Å². The number of hydrogen-bond donors (Lipinski definition) is 1. The molecule has 0 fully saturated rings. The van der Waals surface area contributed by atoms with Gasteiger partial charge in [-0.1, -0.05) is 227 Å². The number of carbonyl (C=O) groups is 2. The third-order valence-corrected chi connectivity index (χ3v) is 14.0. The molecule has 9 nitrogen and oxygen atoms in total. The number of nitrogens with zero attached hydrogens (tertiary/aromatic N) is 1. The Bertz CT molecular complexity index is 1610. The summed E-state index contributed by atoms with van der Waals surface area (Å²) in [5, 5.41) is 3.01. The van der Waals surface area contributed by atoms with Gasteiger partial charge in [-0.2, -0.15) is 0 Å². The number of quaternary nitrogens is 1. The first-order valence-electron chi connectivity index (χ1n) is 30.5. The summed E-state index contributed by atoms with van der Waals surface area (Å²) in [6.45, 7) is 6.73. The van der Waals surface area contributed by atoms with E-state index >= 15 is 0 Å². The van der Waals surface area contributed by atoms with Crippen molar-refractivity contribution >= 4 is 19.7 Å². The highest BCUT2D eigenvalue weighted by atomic mass is 31.2. The molecule has 0 aliphatic heterocycles. The maximum atomic E-state index is 13.5. The summed E-state index contributed by atoms with van der Waals surface area (Å²) < 4.78 is 30.2. The summed E-state index contributed by atoms with van der Waals surface area (Å²) in [5.74, 6) is -0.619. The van der Waals surface area contributed by atoms with Crippen molar-refractivity contribution in [2.24, 2.45) is 0 Å². The fourth-order valence-electron chi connectivity index (χ4n) is 8.23. The Hall–Kier alpha value is -3.07. The normalized spacial score (nSPS) is 14.4. The van der Waals surface area contributed by atoms with Crippen LogP contribution in [-0.2, 0) is 27.9 Å². The van der Waals surface area contributed by atoms with Crippen LogP contribution in [0.15, 0.2) is 97.2 Å². The minimum atomic E-state index is -4.72. The Morgan fingerprint density at radius 3 is 1.27 bits per heavy atom. The van der Waals surface area contributed by atoms with Crippen molar-refractivity contribution in [3.63, 3.8) is 0 Å². The molecule has 0 bridgehead atoms. The Labute approximate surface area is 462 Å². The molecule has 0 saturated heterocycles. The molecular formula is C65H115N2O7P. The van der Waals surface area contributed by atoms with Gasteiger partial charge < -0.3 is 28.5 Å². The summed E-state index contributed by atoms with van der Waals surface area (Å²) in [5.41, 5.74) is 0. The average Bonchev–Trinajstić information content (AvgIpc) is 3.37. The Balaban J connectivity index is 5.33. The lowest BCUT2D eigenvalue weighted by Gasteiger charge is -2.30. The third kappa shape index (κ3) is 55.5. The molecule has 75 heavy (non-hydrogen) atoms. The molecule has 10 heteroatoms. The predicted octanol–water partition coefficient (Wildman–Crippen LogP) is 18.1. The zero-order valence-corrected chi connectivity index (χ0v) is 50.1. The van der Waals surface area contributed by atoms with Crippen molar-refractivity contribution in [1.29, 1.82) is 0 Å². The standard InChI is InChI=1S/C65H115N2O7P/c1-7-10-13-16-19-22-25-27-29-31-32-33-34-36-37-39-42-45-48-51-54-57-64(68)66-62(61-73-75(70,71)72-60-59-67(4,5)6)63(56-53-50-47-44-41-24-21-18-15-12-9-3)74-65(69)58-55-52-49-46-43-40-38-35-30-28-26-23-20-17-14-11-8-2/h19-20,22-23,27-30,32-33,38,40,46,49,53,56,62-63H,7-18,21,24-26,31,34-37,39,41-45,47-48,50-52,54-55,57-61H2,1-6H3,(H-,66,68,70,71)/b22-19-,23-20-,29-27-,30-28-,33-32-,40-38-,49-46-,56-53-. The molecule has 0 spiro atoms. The number of carbonyl (C=O) groups excluding carboxylic acids is 2. The minimum absolute atomic E-state index is 0.0366. The SMILES string of the molecule is CCCCC/C=C\C/C=C\C/C=C\C/C=C\CCCC(=O)OC(/C=C\CCCCCCCCCCC)C(COP(=O)([O-])OCC[N+](C)(C)C)NC(=O)CCCCCCCCCC/C=C\C/C=C\C/C=C\CCCCC. The number of rotatable bonds is 54. The van der Waals surface area contributed by atoms with Gasteiger partial charge in [0.2, 0.25) is 5.91 Å². The van der Waals surface area contributed by atoms with Crippen molar-refractivity contribution in [3.8, 4) is 0 Å². The summed E-state index contributed by atoms with van der Waals surface area (Å²) in [6, 6.07) is -0.919. The van der Waals surface area contributed by atoms with E-state index < -0.39 is 32.5 Å². The summed E-state index contributed by atoms with van der Waals surface area (Å²) in [6.07, 6.45) is 72.3. The predicted molar refractivity (Wildman–Crippen MR) is 321 cm³/mol. The average molecular weight is 1070 g/mol. The van der Waals surface area contributed by atoms with Crippen LogP contribution in [0.4, 0.5) is 0 Å². The molecule has 0 rings (SSSR count). The minimum Gasteiger partial charge on any atom is -0.756 e. The molecule has 0 aliphatic rings. The lowest BCUT2D eigenvalue weighted by atomic mass is 10.0. The van der Waals surface area contributed by atoms with Crippen LogP contribution in [0.5, 0.6) is 0 Å². The largest absolute Gasteiger partial charge is 0.756 e. The Morgan fingerprint density at radius 1 is 0.467 bits per heavy atom. The molecule has 0 aliphatic carbocycles. The lowest BCUT2D eigenvalue weighted by Crippen LogP contribution is -2.47. The number of esters is 1. The summed E-state index contributed by atoms with van der Waals surface area (Å²) >= 11 is 0. The van der Waals surface area contributed by atoms with E-state index in [1.807, 2.05) is 33.3 Å². The Morgan fingerprint density at radius 2 is 0.827 bits per heavy atom. The lowest BCUT2D eigenvalue weighted by molar-refractivity contribution is -0.870. The number of nitrogens with one attached hydrogen (secondary N) is 1. The summed E-state index contributed by atoms with van der Waals surface area (Å²) in [7, 11) is 1.14. The molecule has 3 unspecified atom stereocenters. The number of amides is 1. The van der Waals surface area contributed by atoms with E-state index in [2.05, 4.69) is 111 Å². The van der Waals surface area contributed by atoms with E-state index in [0.29, 0.717) is 23.9 Å². The maximum absolute atomic E-state index is 13.5. The van der Waals surface area contributed by atoms with Gasteiger partial charge in [0, 0.05) is 12.8 Å². The van der Waals surface area contributed by atoms with E-state index in [0.717, 1.165) is 89.9 Å². The maximum Gasteiger partial charge on any atom is 0.306 e. The summed E-state index contributed by atoms with van der Waals surface area (Å²) in [4.78, 5) is 39.9. The number of phosphoric ester groups is 1. The van der Waals surface area contributed by atoms with Crippen molar-refractivity contribution < 1.29 is 37.3 Å². The van der Waals surface area contributed by atoms with E-state index in [4.69, 9.17) is 13.8 Å². The van der Waals surface area contributed by atoms with Crippen LogP contribution in [0.25, 0.3) is 0 Å².